The number of halogens is 1. The van der Waals surface area contributed by atoms with Crippen LogP contribution in [-0.2, 0) is 0 Å². The first-order chi connectivity index (χ1) is 9.08. The maximum absolute atomic E-state index is 6.09. The highest BCUT2D eigenvalue weighted by molar-refractivity contribution is 6.31. The SMILES string of the molecule is CN(C)CCCN(C)c1ccnc2ccc(Cl)cc12. The van der Waals surface area contributed by atoms with Crippen molar-refractivity contribution in [1.82, 2.24) is 9.88 Å². The van der Waals surface area contributed by atoms with Crippen LogP contribution in [0.5, 0.6) is 0 Å². The summed E-state index contributed by atoms with van der Waals surface area (Å²) in [5, 5.41) is 1.87. The summed E-state index contributed by atoms with van der Waals surface area (Å²) < 4.78 is 0. The van der Waals surface area contributed by atoms with Gasteiger partial charge in [-0.05, 0) is 51.3 Å². The predicted molar refractivity (Wildman–Crippen MR) is 83.2 cm³/mol. The number of nitrogens with zero attached hydrogens (tertiary/aromatic N) is 3. The highest BCUT2D eigenvalue weighted by Gasteiger charge is 2.07. The lowest BCUT2D eigenvalue weighted by Crippen LogP contribution is -2.23. The number of benzene rings is 1. The van der Waals surface area contributed by atoms with Crippen LogP contribution in [0, 0.1) is 0 Å². The summed E-state index contributed by atoms with van der Waals surface area (Å²) in [5.41, 5.74) is 2.17. The van der Waals surface area contributed by atoms with E-state index in [4.69, 9.17) is 11.6 Å². The van der Waals surface area contributed by atoms with E-state index in [1.165, 1.54) is 5.69 Å². The fourth-order valence-electron chi connectivity index (χ4n) is 2.18. The molecule has 102 valence electrons. The summed E-state index contributed by atoms with van der Waals surface area (Å²) >= 11 is 6.09. The molecule has 0 amide bonds. The normalized spacial score (nSPS) is 11.2. The zero-order valence-electron chi connectivity index (χ0n) is 11.7. The molecule has 0 saturated carbocycles. The smallest absolute Gasteiger partial charge is 0.0723 e. The lowest BCUT2D eigenvalue weighted by molar-refractivity contribution is 0.402. The maximum atomic E-state index is 6.09. The Morgan fingerprint density at radius 3 is 2.63 bits per heavy atom. The molecule has 0 spiro atoms. The van der Waals surface area contributed by atoms with Crippen LogP contribution in [0.1, 0.15) is 6.42 Å². The van der Waals surface area contributed by atoms with Gasteiger partial charge in [0.1, 0.15) is 0 Å². The van der Waals surface area contributed by atoms with Crippen molar-refractivity contribution < 1.29 is 0 Å². The Labute approximate surface area is 119 Å². The van der Waals surface area contributed by atoms with Gasteiger partial charge in [0.2, 0.25) is 0 Å². The van der Waals surface area contributed by atoms with Crippen molar-refractivity contribution in [1.29, 1.82) is 0 Å². The minimum absolute atomic E-state index is 0.753. The van der Waals surface area contributed by atoms with Crippen LogP contribution in [0.4, 0.5) is 5.69 Å². The second-order valence-corrected chi connectivity index (χ2v) is 5.51. The molecule has 0 N–H and O–H groups in total. The first-order valence-electron chi connectivity index (χ1n) is 6.48. The van der Waals surface area contributed by atoms with Crippen molar-refractivity contribution in [3.05, 3.63) is 35.5 Å². The lowest BCUT2D eigenvalue weighted by atomic mass is 10.1. The van der Waals surface area contributed by atoms with Crippen molar-refractivity contribution in [2.75, 3.05) is 39.1 Å². The van der Waals surface area contributed by atoms with E-state index in [1.54, 1.807) is 0 Å². The molecule has 19 heavy (non-hydrogen) atoms. The summed E-state index contributed by atoms with van der Waals surface area (Å²) in [6, 6.07) is 7.89. The van der Waals surface area contributed by atoms with Crippen molar-refractivity contribution in [3.8, 4) is 0 Å². The maximum Gasteiger partial charge on any atom is 0.0723 e. The molecule has 2 rings (SSSR count). The van der Waals surface area contributed by atoms with E-state index >= 15 is 0 Å². The minimum atomic E-state index is 0.753. The fourth-order valence-corrected chi connectivity index (χ4v) is 2.35. The van der Waals surface area contributed by atoms with Gasteiger partial charge in [-0.15, -0.1) is 0 Å². The first-order valence-corrected chi connectivity index (χ1v) is 6.86. The fraction of sp³-hybridized carbons (Fsp3) is 0.400. The van der Waals surface area contributed by atoms with Crippen molar-refractivity contribution in [2.24, 2.45) is 0 Å². The number of anilines is 1. The van der Waals surface area contributed by atoms with Gasteiger partial charge in [0, 0.05) is 35.9 Å². The molecule has 1 aromatic heterocycles. The third kappa shape index (κ3) is 3.58. The van der Waals surface area contributed by atoms with Gasteiger partial charge >= 0.3 is 0 Å². The van der Waals surface area contributed by atoms with Gasteiger partial charge in [-0.3, -0.25) is 4.98 Å². The first kappa shape index (κ1) is 14.1. The van der Waals surface area contributed by atoms with Gasteiger partial charge < -0.3 is 9.80 Å². The number of rotatable bonds is 5. The van der Waals surface area contributed by atoms with Crippen molar-refractivity contribution in [3.63, 3.8) is 0 Å². The molecule has 3 nitrogen and oxygen atoms in total. The largest absolute Gasteiger partial charge is 0.374 e. The summed E-state index contributed by atoms with van der Waals surface area (Å²) in [7, 11) is 6.31. The predicted octanol–water partition coefficient (Wildman–Crippen LogP) is 3.28. The zero-order chi connectivity index (χ0) is 13.8. The molecule has 1 heterocycles. The van der Waals surface area contributed by atoms with Crippen LogP contribution in [0.25, 0.3) is 10.9 Å². The van der Waals surface area contributed by atoms with Crippen LogP contribution in [0.15, 0.2) is 30.5 Å². The second-order valence-electron chi connectivity index (χ2n) is 5.07. The van der Waals surface area contributed by atoms with E-state index in [9.17, 15) is 0 Å². The van der Waals surface area contributed by atoms with E-state index in [1.807, 2.05) is 30.5 Å². The molecule has 4 heteroatoms. The van der Waals surface area contributed by atoms with E-state index in [0.29, 0.717) is 0 Å². The van der Waals surface area contributed by atoms with Crippen LogP contribution < -0.4 is 4.90 Å². The molecule has 0 atom stereocenters. The molecule has 0 radical (unpaired) electrons. The molecule has 2 aromatic rings. The van der Waals surface area contributed by atoms with Crippen LogP contribution in [-0.4, -0.2) is 44.1 Å². The van der Waals surface area contributed by atoms with Gasteiger partial charge in [0.15, 0.2) is 0 Å². The number of fused-ring (bicyclic) bond motifs is 1. The van der Waals surface area contributed by atoms with Gasteiger partial charge in [-0.25, -0.2) is 0 Å². The van der Waals surface area contributed by atoms with Gasteiger partial charge in [0.25, 0.3) is 0 Å². The van der Waals surface area contributed by atoms with Crippen molar-refractivity contribution in [2.45, 2.75) is 6.42 Å². The van der Waals surface area contributed by atoms with E-state index in [0.717, 1.165) is 35.4 Å². The topological polar surface area (TPSA) is 19.4 Å². The summed E-state index contributed by atoms with van der Waals surface area (Å²) in [4.78, 5) is 8.85. The highest BCUT2D eigenvalue weighted by atomic mass is 35.5. The number of hydrogen-bond donors (Lipinski definition) is 0. The number of pyridine rings is 1. The average Bonchev–Trinajstić information content (AvgIpc) is 2.37. The Bertz CT molecular complexity index is 554. The Hall–Kier alpha value is -1.32. The quantitative estimate of drug-likeness (QED) is 0.836. The molecule has 0 unspecified atom stereocenters. The second kappa shape index (κ2) is 6.22. The number of hydrogen-bond acceptors (Lipinski definition) is 3. The molecule has 1 aromatic carbocycles. The summed E-state index contributed by atoms with van der Waals surface area (Å²) in [5.74, 6) is 0. The van der Waals surface area contributed by atoms with Gasteiger partial charge in [-0.2, -0.15) is 0 Å². The molecule has 0 fully saturated rings. The third-order valence-corrected chi connectivity index (χ3v) is 3.43. The number of aromatic nitrogens is 1. The molecule has 0 saturated heterocycles. The molecular formula is C15H20ClN3. The molecule has 0 aliphatic heterocycles. The van der Waals surface area contributed by atoms with Crippen molar-refractivity contribution >= 4 is 28.2 Å². The van der Waals surface area contributed by atoms with E-state index in [2.05, 4.69) is 35.9 Å². The molecule has 0 bridgehead atoms. The Morgan fingerprint density at radius 1 is 1.11 bits per heavy atom. The monoisotopic (exact) mass is 277 g/mol. The van der Waals surface area contributed by atoms with Gasteiger partial charge in [0.05, 0.1) is 5.52 Å². The zero-order valence-corrected chi connectivity index (χ0v) is 12.5. The Balaban J connectivity index is 2.21. The minimum Gasteiger partial charge on any atom is -0.374 e. The Morgan fingerprint density at radius 2 is 1.89 bits per heavy atom. The lowest BCUT2D eigenvalue weighted by Gasteiger charge is -2.22. The summed E-state index contributed by atoms with van der Waals surface area (Å²) in [6.45, 7) is 2.11. The van der Waals surface area contributed by atoms with Crippen LogP contribution in [0.3, 0.4) is 0 Å². The van der Waals surface area contributed by atoms with Gasteiger partial charge in [-0.1, -0.05) is 11.6 Å². The van der Waals surface area contributed by atoms with E-state index in [-0.39, 0.29) is 0 Å². The molecular weight excluding hydrogens is 258 g/mol. The summed E-state index contributed by atoms with van der Waals surface area (Å²) in [6.07, 6.45) is 2.99. The van der Waals surface area contributed by atoms with Crippen LogP contribution in [0.2, 0.25) is 5.02 Å². The molecule has 0 aliphatic carbocycles. The highest BCUT2D eigenvalue weighted by Crippen LogP contribution is 2.27. The third-order valence-electron chi connectivity index (χ3n) is 3.19. The Kier molecular flexibility index (Phi) is 4.61. The van der Waals surface area contributed by atoms with E-state index < -0.39 is 0 Å². The van der Waals surface area contributed by atoms with Crippen LogP contribution >= 0.6 is 11.6 Å². The molecule has 0 aliphatic rings. The standard InChI is InChI=1S/C15H20ClN3/c1-18(2)9-4-10-19(3)15-7-8-17-14-6-5-12(16)11-13(14)15/h5-8,11H,4,9-10H2,1-3H3. The average molecular weight is 278 g/mol.